The van der Waals surface area contributed by atoms with E-state index in [-0.39, 0.29) is 65.1 Å². The first-order valence-electron chi connectivity index (χ1n) is 30.8. The molecule has 0 amide bonds. The number of alkyl halides is 10. The smallest absolute Gasteiger partial charge is 0.453 e. The third-order valence-corrected chi connectivity index (χ3v) is 17.4. The molecule has 7 N–H and O–H groups in total. The van der Waals surface area contributed by atoms with Crippen molar-refractivity contribution in [1.82, 2.24) is 0 Å². The minimum Gasteiger partial charge on any atom is -0.508 e. The number of hydrogen-bond donors (Lipinski definition) is 7. The number of fused-ring (bicyclic) bond motifs is 2. The van der Waals surface area contributed by atoms with Crippen LogP contribution in [0.1, 0.15) is 196 Å². The molecule has 7 atom stereocenters. The molecule has 2 aliphatic heterocycles. The predicted molar refractivity (Wildman–Crippen MR) is 318 cm³/mol. The molecular formula is C67H88F10O13. The van der Waals surface area contributed by atoms with Crippen LogP contribution >= 0.6 is 0 Å². The Hall–Kier alpha value is -6.49. The number of aliphatic hydroxyl groups excluding tert-OH is 2. The molecule has 4 aromatic rings. The molecule has 2 heterocycles. The first-order chi connectivity index (χ1) is 42.3. The number of carbonyl (C=O) groups is 3. The summed E-state index contributed by atoms with van der Waals surface area (Å²) >= 11 is 0. The molecule has 0 aliphatic carbocycles. The lowest BCUT2D eigenvalue weighted by Gasteiger charge is -2.43. The Labute approximate surface area is 519 Å². The van der Waals surface area contributed by atoms with Gasteiger partial charge in [0, 0.05) is 61.2 Å². The zero-order valence-electron chi connectivity index (χ0n) is 51.5. The van der Waals surface area contributed by atoms with Crippen molar-refractivity contribution in [2.24, 2.45) is 11.8 Å². The summed E-state index contributed by atoms with van der Waals surface area (Å²) in [5.74, 6) is -13.1. The van der Waals surface area contributed by atoms with Gasteiger partial charge in [-0.1, -0.05) is 121 Å². The van der Waals surface area contributed by atoms with Crippen LogP contribution in [0.4, 0.5) is 43.9 Å². The molecule has 0 spiro atoms. The Bertz CT molecular complexity index is 2830. The molecular weight excluding hydrogens is 1200 g/mol. The summed E-state index contributed by atoms with van der Waals surface area (Å²) in [6, 6.07) is 24.6. The Kier molecular flexibility index (Phi) is 29.4. The number of ketones is 1. The van der Waals surface area contributed by atoms with Crippen LogP contribution < -0.4 is 9.47 Å². The van der Waals surface area contributed by atoms with Gasteiger partial charge in [0.15, 0.2) is 0 Å². The van der Waals surface area contributed by atoms with Gasteiger partial charge in [0.25, 0.3) is 0 Å². The van der Waals surface area contributed by atoms with E-state index < -0.39 is 98.4 Å². The normalized spacial score (nSPS) is 19.2. The van der Waals surface area contributed by atoms with Crippen molar-refractivity contribution >= 4 is 17.7 Å². The number of aromatic hydroxyl groups is 4. The molecule has 90 heavy (non-hydrogen) atoms. The highest BCUT2D eigenvalue weighted by Crippen LogP contribution is 2.52. The summed E-state index contributed by atoms with van der Waals surface area (Å²) < 4.78 is 144. The lowest BCUT2D eigenvalue weighted by Crippen LogP contribution is -2.40. The zero-order chi connectivity index (χ0) is 67.1. The molecule has 6 rings (SSSR count). The molecule has 13 nitrogen and oxygen atoms in total. The molecule has 0 bridgehead atoms. The second-order valence-electron chi connectivity index (χ2n) is 23.9. The van der Waals surface area contributed by atoms with Gasteiger partial charge in [-0.15, -0.1) is 0 Å². The third kappa shape index (κ3) is 21.6. The molecule has 0 fully saturated rings. The van der Waals surface area contributed by atoms with Crippen LogP contribution in [0.3, 0.4) is 0 Å². The van der Waals surface area contributed by atoms with Crippen LogP contribution in [0, 0.1) is 11.8 Å². The number of aliphatic carboxylic acids is 1. The van der Waals surface area contributed by atoms with E-state index in [0.717, 1.165) is 100.0 Å². The summed E-state index contributed by atoms with van der Waals surface area (Å²) in [5.41, 5.74) is 3.42. The maximum atomic E-state index is 13.3. The average molecular weight is 1290 g/mol. The molecule has 3 unspecified atom stereocenters. The summed E-state index contributed by atoms with van der Waals surface area (Å²) in [4.78, 5) is 36.4. The number of benzene rings is 4. The second-order valence-corrected chi connectivity index (χ2v) is 23.9. The SMILES string of the molecule is CCOC(=O)C(CCCC(F)(F)C(F)(F)F)C(=O)CCCCCCCC[C@@H]1c2ccc(O)cc2OC[C@]1(C)c1ccc(O)cc1.CO.C[C@]1(c2ccc(O)cc2)COc2cc(O)ccc2[C@H]1CCCCCCCCC(O)C(CCCC(F)(F)C(F)(F)F)C(=O)O. The maximum absolute atomic E-state index is 13.3. The van der Waals surface area contributed by atoms with E-state index in [9.17, 15) is 88.9 Å². The molecule has 23 heteroatoms. The minimum absolute atomic E-state index is 0.0236. The topological polar surface area (TPSA) is 221 Å². The predicted octanol–water partition coefficient (Wildman–Crippen LogP) is 16.5. The van der Waals surface area contributed by atoms with Gasteiger partial charge >= 0.3 is 36.1 Å². The Morgan fingerprint density at radius 2 is 0.911 bits per heavy atom. The zero-order valence-corrected chi connectivity index (χ0v) is 51.5. The number of unbranched alkanes of at least 4 members (excludes halogenated alkanes) is 10. The van der Waals surface area contributed by atoms with Crippen LogP contribution in [0.15, 0.2) is 84.9 Å². The van der Waals surface area contributed by atoms with Crippen LogP contribution in [0.5, 0.6) is 34.5 Å². The highest BCUT2D eigenvalue weighted by molar-refractivity contribution is 5.98. The quantitative estimate of drug-likeness (QED) is 0.0102. The van der Waals surface area contributed by atoms with Crippen LogP contribution in [-0.2, 0) is 30.0 Å². The number of aliphatic hydroxyl groups is 2. The van der Waals surface area contributed by atoms with E-state index in [1.165, 1.54) is 6.92 Å². The molecule has 0 saturated carbocycles. The number of halogens is 10. The number of rotatable bonds is 33. The summed E-state index contributed by atoms with van der Waals surface area (Å²) in [5, 5.41) is 66.1. The first kappa shape index (κ1) is 76.0. The fourth-order valence-corrected chi connectivity index (χ4v) is 12.0. The third-order valence-electron chi connectivity index (χ3n) is 17.4. The van der Waals surface area contributed by atoms with Crippen molar-refractivity contribution in [3.05, 3.63) is 107 Å². The average Bonchev–Trinajstić information content (AvgIpc) is 0.995. The van der Waals surface area contributed by atoms with Crippen molar-refractivity contribution in [3.63, 3.8) is 0 Å². The van der Waals surface area contributed by atoms with Crippen molar-refractivity contribution in [1.29, 1.82) is 0 Å². The fourth-order valence-electron chi connectivity index (χ4n) is 12.0. The van der Waals surface area contributed by atoms with Crippen LogP contribution in [0.25, 0.3) is 0 Å². The summed E-state index contributed by atoms with van der Waals surface area (Å²) in [6.45, 7) is 6.61. The number of carboxylic acid groups (broad SMARTS) is 1. The second kappa shape index (κ2) is 34.8. The molecule has 0 aromatic heterocycles. The Morgan fingerprint density at radius 3 is 1.31 bits per heavy atom. The van der Waals surface area contributed by atoms with Gasteiger partial charge in [-0.2, -0.15) is 43.9 Å². The summed E-state index contributed by atoms with van der Waals surface area (Å²) in [7, 11) is 1.00. The summed E-state index contributed by atoms with van der Waals surface area (Å²) in [6.07, 6.45) is -6.34. The lowest BCUT2D eigenvalue weighted by molar-refractivity contribution is -0.284. The highest BCUT2D eigenvalue weighted by Gasteiger charge is 2.57. The van der Waals surface area contributed by atoms with Gasteiger partial charge in [0.2, 0.25) is 0 Å². The van der Waals surface area contributed by atoms with E-state index >= 15 is 0 Å². The van der Waals surface area contributed by atoms with E-state index in [0.29, 0.717) is 44.0 Å². The van der Waals surface area contributed by atoms with Gasteiger partial charge < -0.3 is 50.0 Å². The Balaban J connectivity index is 0.000000374. The Morgan fingerprint density at radius 1 is 0.533 bits per heavy atom. The number of hydrogen-bond acceptors (Lipinski definition) is 12. The van der Waals surface area contributed by atoms with E-state index in [1.54, 1.807) is 48.5 Å². The number of phenolic OH excluding ortho intramolecular Hbond substituents is 4. The largest absolute Gasteiger partial charge is 0.508 e. The van der Waals surface area contributed by atoms with Gasteiger partial charge in [0.1, 0.15) is 46.2 Å². The van der Waals surface area contributed by atoms with Crippen LogP contribution in [-0.4, -0.2) is 111 Å². The first-order valence-corrected chi connectivity index (χ1v) is 30.8. The van der Waals surface area contributed by atoms with Crippen molar-refractivity contribution in [3.8, 4) is 34.5 Å². The highest BCUT2D eigenvalue weighted by atomic mass is 19.4. The molecule has 0 saturated heterocycles. The maximum Gasteiger partial charge on any atom is 0.453 e. The van der Waals surface area contributed by atoms with Gasteiger partial charge in [-0.25, -0.2) is 0 Å². The minimum atomic E-state index is -5.68. The molecule has 504 valence electrons. The number of carboxylic acids is 1. The molecule has 2 aliphatic rings. The number of phenols is 4. The number of Topliss-reactive ketones (excluding diaryl/α,β-unsaturated/α-hetero) is 1. The molecule has 0 radical (unpaired) electrons. The van der Waals surface area contributed by atoms with Crippen molar-refractivity contribution < 1.29 is 108 Å². The number of ether oxygens (including phenoxy) is 3. The fraction of sp³-hybridized carbons (Fsp3) is 0.597. The van der Waals surface area contributed by atoms with E-state index in [1.807, 2.05) is 36.4 Å². The van der Waals surface area contributed by atoms with E-state index in [2.05, 4.69) is 13.8 Å². The van der Waals surface area contributed by atoms with E-state index in [4.69, 9.17) is 19.3 Å². The van der Waals surface area contributed by atoms with Gasteiger partial charge in [0.05, 0.1) is 31.8 Å². The lowest BCUT2D eigenvalue weighted by atomic mass is 9.66. The van der Waals surface area contributed by atoms with Crippen molar-refractivity contribution in [2.75, 3.05) is 26.9 Å². The monoisotopic (exact) mass is 1290 g/mol. The van der Waals surface area contributed by atoms with Crippen molar-refractivity contribution in [2.45, 2.75) is 215 Å². The van der Waals surface area contributed by atoms with Gasteiger partial charge in [-0.3, -0.25) is 14.4 Å². The standard InChI is InChI=1S/C34H43F5O6.C32H41F5O6.CH4O/c1-3-44-31(43)27(11-10-20-33(35,36)34(37,38)39)29(42)13-9-7-5-4-6-8-12-28-26-19-18-25(41)21-30(26)45-22-32(28,2)23-14-16-24(40)17-15-23;1-30(21-12-14-22(38)15-13-21)20-43-28-19-23(39)16-17-24(28)26(30)10-6-4-2-3-5-7-11-27(40)25(29(41)42)9-8-18-31(33,34)32(35,36)37;1-2/h14-19,21,27-28,40-41H,3-13,20,22H2,1-2H3;12-17,19,25-27,38-40H,2-11,18,20H2,1H3,(H,41,42);2H,1H3/t27?,28-,32-;25?,26-,27?,30-;/m11./s1. The van der Waals surface area contributed by atoms with Crippen LogP contribution in [0.2, 0.25) is 0 Å². The molecule has 4 aromatic carbocycles. The number of carbonyl (C=O) groups excluding carboxylic acids is 2. The number of esters is 1. The van der Waals surface area contributed by atoms with Gasteiger partial charge in [-0.05, 0) is 117 Å².